The highest BCUT2D eigenvalue weighted by Gasteiger charge is 2.08. The molecule has 1 aromatic carbocycles. The molecule has 0 aliphatic heterocycles. The van der Waals surface area contributed by atoms with Gasteiger partial charge in [0.05, 0.1) is 5.69 Å². The standard InChI is InChI=1S/C13H16N4O/c1-8-12(9(2)17-16-8)7-10-3-5-11(6-4-10)13(18)15-14/h3-6H,7,14H2,1-2H3,(H,15,18)(H,16,17). The van der Waals surface area contributed by atoms with E-state index in [0.29, 0.717) is 5.56 Å². The predicted octanol–water partition coefficient (Wildman–Crippen LogP) is 1.22. The van der Waals surface area contributed by atoms with Crippen molar-refractivity contribution in [3.63, 3.8) is 0 Å². The smallest absolute Gasteiger partial charge is 0.265 e. The highest BCUT2D eigenvalue weighted by Crippen LogP contribution is 2.15. The molecular weight excluding hydrogens is 228 g/mol. The molecule has 18 heavy (non-hydrogen) atoms. The Kier molecular flexibility index (Phi) is 3.43. The van der Waals surface area contributed by atoms with Crippen LogP contribution in [0.15, 0.2) is 24.3 Å². The van der Waals surface area contributed by atoms with Gasteiger partial charge in [-0.3, -0.25) is 15.3 Å². The Labute approximate surface area is 105 Å². The number of rotatable bonds is 3. The molecule has 0 spiro atoms. The minimum absolute atomic E-state index is 0.280. The number of aryl methyl sites for hydroxylation is 2. The van der Waals surface area contributed by atoms with Crippen molar-refractivity contribution >= 4 is 5.91 Å². The number of nitrogens with two attached hydrogens (primary N) is 1. The van der Waals surface area contributed by atoms with Crippen LogP contribution in [-0.2, 0) is 6.42 Å². The third-order valence-electron chi connectivity index (χ3n) is 3.01. The lowest BCUT2D eigenvalue weighted by Gasteiger charge is -2.04. The Bertz CT molecular complexity index is 537. The summed E-state index contributed by atoms with van der Waals surface area (Å²) in [7, 11) is 0. The molecular formula is C13H16N4O. The van der Waals surface area contributed by atoms with Gasteiger partial charge in [0.25, 0.3) is 5.91 Å². The minimum atomic E-state index is -0.280. The molecule has 94 valence electrons. The second kappa shape index (κ2) is 5.01. The molecule has 5 nitrogen and oxygen atoms in total. The van der Waals surface area contributed by atoms with Crippen molar-refractivity contribution in [3.05, 3.63) is 52.3 Å². The number of aromatic amines is 1. The molecule has 0 saturated heterocycles. The van der Waals surface area contributed by atoms with Crippen molar-refractivity contribution in [3.8, 4) is 0 Å². The van der Waals surface area contributed by atoms with Crippen molar-refractivity contribution in [1.82, 2.24) is 15.6 Å². The van der Waals surface area contributed by atoms with Crippen molar-refractivity contribution in [2.45, 2.75) is 20.3 Å². The molecule has 1 amide bonds. The van der Waals surface area contributed by atoms with Gasteiger partial charge in [0.1, 0.15) is 0 Å². The van der Waals surface area contributed by atoms with E-state index in [1.807, 2.05) is 26.0 Å². The highest BCUT2D eigenvalue weighted by molar-refractivity contribution is 5.93. The number of hydrogen-bond acceptors (Lipinski definition) is 3. The Hall–Kier alpha value is -2.14. The first-order valence-corrected chi connectivity index (χ1v) is 5.72. The van der Waals surface area contributed by atoms with Crippen LogP contribution in [0.5, 0.6) is 0 Å². The number of amides is 1. The monoisotopic (exact) mass is 244 g/mol. The van der Waals surface area contributed by atoms with Gasteiger partial charge in [-0.2, -0.15) is 5.10 Å². The number of carbonyl (C=O) groups is 1. The number of hydrazine groups is 1. The van der Waals surface area contributed by atoms with Crippen LogP contribution < -0.4 is 11.3 Å². The third-order valence-corrected chi connectivity index (χ3v) is 3.01. The van der Waals surface area contributed by atoms with Crippen LogP contribution in [0.3, 0.4) is 0 Å². The molecule has 0 saturated carbocycles. The first-order valence-electron chi connectivity index (χ1n) is 5.72. The SMILES string of the molecule is Cc1n[nH]c(C)c1Cc1ccc(C(=O)NN)cc1. The summed E-state index contributed by atoms with van der Waals surface area (Å²) in [5.74, 6) is 4.80. The normalized spacial score (nSPS) is 10.4. The van der Waals surface area contributed by atoms with E-state index in [2.05, 4.69) is 15.6 Å². The van der Waals surface area contributed by atoms with Gasteiger partial charge in [0.15, 0.2) is 0 Å². The number of benzene rings is 1. The lowest BCUT2D eigenvalue weighted by Crippen LogP contribution is -2.29. The summed E-state index contributed by atoms with van der Waals surface area (Å²) in [5, 5.41) is 7.13. The number of aromatic nitrogens is 2. The van der Waals surface area contributed by atoms with Crippen LogP contribution in [-0.4, -0.2) is 16.1 Å². The molecule has 0 atom stereocenters. The van der Waals surface area contributed by atoms with Crippen LogP contribution in [0.2, 0.25) is 0 Å². The van der Waals surface area contributed by atoms with Gasteiger partial charge in [-0.05, 0) is 31.5 Å². The van der Waals surface area contributed by atoms with Crippen LogP contribution in [0.1, 0.15) is 32.9 Å². The second-order valence-corrected chi connectivity index (χ2v) is 4.26. The van der Waals surface area contributed by atoms with Crippen LogP contribution in [0.4, 0.5) is 0 Å². The summed E-state index contributed by atoms with van der Waals surface area (Å²) in [4.78, 5) is 11.3. The Balaban J connectivity index is 2.18. The molecule has 4 N–H and O–H groups in total. The zero-order valence-electron chi connectivity index (χ0n) is 10.4. The summed E-state index contributed by atoms with van der Waals surface area (Å²) in [6, 6.07) is 7.39. The maximum absolute atomic E-state index is 11.3. The first kappa shape index (κ1) is 12.3. The lowest BCUT2D eigenvalue weighted by atomic mass is 10.0. The number of nitrogen functional groups attached to an aromatic ring is 1. The lowest BCUT2D eigenvalue weighted by molar-refractivity contribution is 0.0953. The summed E-state index contributed by atoms with van der Waals surface area (Å²) in [5.41, 5.74) is 7.09. The highest BCUT2D eigenvalue weighted by atomic mass is 16.2. The zero-order valence-corrected chi connectivity index (χ0v) is 10.4. The van der Waals surface area contributed by atoms with Crippen molar-refractivity contribution < 1.29 is 4.79 Å². The van der Waals surface area contributed by atoms with E-state index in [1.165, 1.54) is 5.56 Å². The molecule has 0 radical (unpaired) electrons. The minimum Gasteiger partial charge on any atom is -0.290 e. The Morgan fingerprint density at radius 3 is 2.50 bits per heavy atom. The Morgan fingerprint density at radius 1 is 1.33 bits per heavy atom. The van der Waals surface area contributed by atoms with E-state index >= 15 is 0 Å². The molecule has 1 aromatic heterocycles. The number of H-pyrrole nitrogens is 1. The number of carbonyl (C=O) groups excluding carboxylic acids is 1. The van der Waals surface area contributed by atoms with Gasteiger partial charge in [-0.1, -0.05) is 12.1 Å². The average Bonchev–Trinajstić information content (AvgIpc) is 2.70. The number of hydrogen-bond donors (Lipinski definition) is 3. The van der Waals surface area contributed by atoms with E-state index in [0.717, 1.165) is 23.4 Å². The van der Waals surface area contributed by atoms with Gasteiger partial charge in [-0.15, -0.1) is 0 Å². The van der Waals surface area contributed by atoms with Gasteiger partial charge < -0.3 is 0 Å². The van der Waals surface area contributed by atoms with E-state index in [4.69, 9.17) is 5.84 Å². The van der Waals surface area contributed by atoms with E-state index in [9.17, 15) is 4.79 Å². The number of nitrogens with one attached hydrogen (secondary N) is 2. The third kappa shape index (κ3) is 2.41. The topological polar surface area (TPSA) is 83.8 Å². The van der Waals surface area contributed by atoms with Gasteiger partial charge in [0, 0.05) is 23.2 Å². The fourth-order valence-corrected chi connectivity index (χ4v) is 1.90. The summed E-state index contributed by atoms with van der Waals surface area (Å²) in [6.45, 7) is 3.99. The van der Waals surface area contributed by atoms with E-state index < -0.39 is 0 Å². The summed E-state index contributed by atoms with van der Waals surface area (Å²) in [6.07, 6.45) is 0.804. The molecule has 5 heteroatoms. The first-order chi connectivity index (χ1) is 8.61. The van der Waals surface area contributed by atoms with Crippen molar-refractivity contribution in [1.29, 1.82) is 0 Å². The second-order valence-electron chi connectivity index (χ2n) is 4.26. The maximum Gasteiger partial charge on any atom is 0.265 e. The summed E-state index contributed by atoms with van der Waals surface area (Å²) >= 11 is 0. The fourth-order valence-electron chi connectivity index (χ4n) is 1.90. The van der Waals surface area contributed by atoms with Crippen LogP contribution >= 0.6 is 0 Å². The van der Waals surface area contributed by atoms with E-state index in [1.54, 1.807) is 12.1 Å². The van der Waals surface area contributed by atoms with Crippen LogP contribution in [0, 0.1) is 13.8 Å². The molecule has 0 unspecified atom stereocenters. The molecule has 0 fully saturated rings. The molecule has 0 bridgehead atoms. The van der Waals surface area contributed by atoms with Gasteiger partial charge >= 0.3 is 0 Å². The Morgan fingerprint density at radius 2 is 2.00 bits per heavy atom. The zero-order chi connectivity index (χ0) is 13.1. The van der Waals surface area contributed by atoms with Crippen molar-refractivity contribution in [2.24, 2.45) is 5.84 Å². The van der Waals surface area contributed by atoms with Crippen LogP contribution in [0.25, 0.3) is 0 Å². The predicted molar refractivity (Wildman–Crippen MR) is 69.0 cm³/mol. The van der Waals surface area contributed by atoms with Gasteiger partial charge in [0.2, 0.25) is 0 Å². The molecule has 2 rings (SSSR count). The fraction of sp³-hybridized carbons (Fsp3) is 0.231. The summed E-state index contributed by atoms with van der Waals surface area (Å²) < 4.78 is 0. The molecule has 2 aromatic rings. The quantitative estimate of drug-likeness (QED) is 0.431. The van der Waals surface area contributed by atoms with Gasteiger partial charge in [-0.25, -0.2) is 5.84 Å². The maximum atomic E-state index is 11.3. The number of nitrogens with zero attached hydrogens (tertiary/aromatic N) is 1. The largest absolute Gasteiger partial charge is 0.290 e. The van der Waals surface area contributed by atoms with E-state index in [-0.39, 0.29) is 5.91 Å². The average molecular weight is 244 g/mol. The molecule has 1 heterocycles. The molecule has 0 aliphatic carbocycles. The molecule has 0 aliphatic rings. The van der Waals surface area contributed by atoms with Crippen molar-refractivity contribution in [2.75, 3.05) is 0 Å².